The van der Waals surface area contributed by atoms with Crippen LogP contribution in [0.3, 0.4) is 0 Å². The first-order chi connectivity index (χ1) is 9.49. The summed E-state index contributed by atoms with van der Waals surface area (Å²) in [6.45, 7) is 10.3. The first-order valence-electron chi connectivity index (χ1n) is 6.79. The molecule has 0 saturated carbocycles. The van der Waals surface area contributed by atoms with Gasteiger partial charge < -0.3 is 14.9 Å². The van der Waals surface area contributed by atoms with Crippen molar-refractivity contribution in [3.8, 4) is 5.75 Å². The van der Waals surface area contributed by atoms with Crippen LogP contribution < -0.4 is 10.2 Å². The molecule has 21 heavy (non-hydrogen) atoms. The average molecular weight is 313 g/mol. The summed E-state index contributed by atoms with van der Waals surface area (Å²) in [5.74, 6) is -0.248. The number of ether oxygens (including phenoxy) is 1. The second kappa shape index (κ2) is 6.15. The fourth-order valence-corrected chi connectivity index (χ4v) is 2.55. The molecule has 1 rings (SSSR count). The minimum Gasteiger partial charge on any atom is -0.543 e. The minimum absolute atomic E-state index is 0.0497. The van der Waals surface area contributed by atoms with Crippen molar-refractivity contribution in [3.05, 3.63) is 29.3 Å². The van der Waals surface area contributed by atoms with Crippen LogP contribution in [0.5, 0.6) is 5.75 Å². The van der Waals surface area contributed by atoms with Crippen LogP contribution in [-0.4, -0.2) is 21.3 Å². The van der Waals surface area contributed by atoms with Crippen molar-refractivity contribution in [1.82, 2.24) is 0 Å². The van der Waals surface area contributed by atoms with Crippen LogP contribution in [0.2, 0.25) is 18.1 Å². The zero-order valence-electron chi connectivity index (χ0n) is 13.5. The van der Waals surface area contributed by atoms with Crippen LogP contribution in [-0.2, 0) is 4.74 Å². The van der Waals surface area contributed by atoms with Crippen molar-refractivity contribution < 1.29 is 18.3 Å². The fourth-order valence-electron chi connectivity index (χ4n) is 1.52. The Morgan fingerprint density at radius 1 is 1.33 bits per heavy atom. The van der Waals surface area contributed by atoms with E-state index in [1.807, 2.05) is 13.1 Å². The molecule has 0 aliphatic heterocycles. The Hall–Kier alpha value is -1.40. The van der Waals surface area contributed by atoms with Crippen LogP contribution in [0.15, 0.2) is 18.2 Å². The summed E-state index contributed by atoms with van der Waals surface area (Å²) in [6.07, 6.45) is -1.60. The first-order valence-corrected chi connectivity index (χ1v) is 9.70. The highest BCUT2D eigenvalue weighted by Crippen LogP contribution is 2.40. The quantitative estimate of drug-likeness (QED) is 0.841. The Morgan fingerprint density at radius 3 is 2.33 bits per heavy atom. The third-order valence-electron chi connectivity index (χ3n) is 3.92. The van der Waals surface area contributed by atoms with Crippen LogP contribution in [0.4, 0.5) is 4.39 Å². The van der Waals surface area contributed by atoms with E-state index in [2.05, 4.69) is 20.8 Å². The predicted molar refractivity (Wildman–Crippen MR) is 83.6 cm³/mol. The fraction of sp³-hybridized carbons (Fsp3) is 0.533. The molecule has 1 unspecified atom stereocenters. The molecule has 0 aliphatic rings. The number of nitrogens with two attached hydrogens (primary N) is 1. The van der Waals surface area contributed by atoms with Gasteiger partial charge >= 0.3 is 0 Å². The molecule has 0 aliphatic carbocycles. The summed E-state index contributed by atoms with van der Waals surface area (Å²) >= 11 is 0. The smallest absolute Gasteiger partial charge is 0.250 e. The van der Waals surface area contributed by atoms with Crippen molar-refractivity contribution in [2.45, 2.75) is 45.3 Å². The lowest BCUT2D eigenvalue weighted by Gasteiger charge is -2.37. The summed E-state index contributed by atoms with van der Waals surface area (Å²) < 4.78 is 24.8. The number of benzene rings is 1. The molecule has 6 heteroatoms. The van der Waals surface area contributed by atoms with Crippen molar-refractivity contribution in [2.75, 3.05) is 7.11 Å². The largest absolute Gasteiger partial charge is 0.543 e. The van der Waals surface area contributed by atoms with Crippen molar-refractivity contribution >= 4 is 14.2 Å². The molecule has 118 valence electrons. The maximum atomic E-state index is 13.9. The number of carbonyl (C=O) groups excluding carboxylic acids is 1. The van der Waals surface area contributed by atoms with Gasteiger partial charge in [0, 0.05) is 12.7 Å². The van der Waals surface area contributed by atoms with Gasteiger partial charge in [-0.15, -0.1) is 0 Å². The van der Waals surface area contributed by atoms with Crippen molar-refractivity contribution in [2.24, 2.45) is 5.73 Å². The second-order valence-corrected chi connectivity index (χ2v) is 11.3. The standard InChI is InChI=1S/C15H24FNO3Si/c1-15(2,3)21(5,6)20-12-9-10(14(17)18)7-8-11(12)13(16)19-4/h7-9,13H,1-6H3,(H2,17,18). The lowest BCUT2D eigenvalue weighted by Crippen LogP contribution is -2.44. The molecule has 2 N–H and O–H groups in total. The van der Waals surface area contributed by atoms with E-state index < -0.39 is 20.6 Å². The van der Waals surface area contributed by atoms with Gasteiger partial charge in [-0.3, -0.25) is 4.79 Å². The third-order valence-corrected chi connectivity index (χ3v) is 8.26. The number of primary amides is 1. The molecule has 0 aromatic heterocycles. The highest BCUT2D eigenvalue weighted by atomic mass is 28.4. The van der Waals surface area contributed by atoms with Gasteiger partial charge in [0.2, 0.25) is 20.6 Å². The molecule has 0 saturated heterocycles. The maximum absolute atomic E-state index is 13.9. The van der Waals surface area contributed by atoms with E-state index >= 15 is 0 Å². The predicted octanol–water partition coefficient (Wildman–Crippen LogP) is 3.78. The molecule has 0 bridgehead atoms. The summed E-state index contributed by atoms with van der Waals surface area (Å²) in [4.78, 5) is 11.3. The third kappa shape index (κ3) is 4.04. The lowest BCUT2D eigenvalue weighted by molar-refractivity contribution is -0.00773. The molecule has 1 aromatic carbocycles. The summed E-state index contributed by atoms with van der Waals surface area (Å²) in [6, 6.07) is 4.45. The Morgan fingerprint density at radius 2 is 1.90 bits per heavy atom. The Balaban J connectivity index is 3.30. The van der Waals surface area contributed by atoms with Crippen molar-refractivity contribution in [1.29, 1.82) is 0 Å². The first kappa shape index (κ1) is 17.6. The summed E-state index contributed by atoms with van der Waals surface area (Å²) in [5, 5.41) is -0.0497. The summed E-state index contributed by atoms with van der Waals surface area (Å²) in [7, 11) is -0.887. The van der Waals surface area contributed by atoms with Crippen LogP contribution in [0, 0.1) is 0 Å². The number of methoxy groups -OCH3 is 1. The van der Waals surface area contributed by atoms with Crippen molar-refractivity contribution in [3.63, 3.8) is 0 Å². The normalized spacial score (nSPS) is 13.9. The zero-order chi connectivity index (χ0) is 16.4. The molecule has 4 nitrogen and oxygen atoms in total. The van der Waals surface area contributed by atoms with Crippen LogP contribution in [0.1, 0.15) is 43.1 Å². The molecule has 0 radical (unpaired) electrons. The molecule has 0 fully saturated rings. The SMILES string of the molecule is COC(F)c1ccc(C(N)=O)cc1O[Si](C)(C)C(C)(C)C. The Kier molecular flexibility index (Phi) is 5.17. The van der Waals surface area contributed by atoms with E-state index in [9.17, 15) is 9.18 Å². The number of alkyl halides is 1. The van der Waals surface area contributed by atoms with E-state index in [1.165, 1.54) is 25.3 Å². The number of amides is 1. The number of halogens is 1. The number of carbonyl (C=O) groups is 1. The molecule has 1 aromatic rings. The molecule has 1 atom stereocenters. The van der Waals surface area contributed by atoms with Gasteiger partial charge in [0.15, 0.2) is 0 Å². The Bertz CT molecular complexity index is 526. The van der Waals surface area contributed by atoms with Crippen LogP contribution in [0.25, 0.3) is 0 Å². The van der Waals surface area contributed by atoms with E-state index in [0.717, 1.165) is 0 Å². The lowest BCUT2D eigenvalue weighted by atomic mass is 10.1. The minimum atomic E-state index is -2.17. The van der Waals surface area contributed by atoms with Gasteiger partial charge in [-0.05, 0) is 36.3 Å². The van der Waals surface area contributed by atoms with E-state index in [1.54, 1.807) is 0 Å². The van der Waals surface area contributed by atoms with E-state index in [-0.39, 0.29) is 16.2 Å². The van der Waals surface area contributed by atoms with Gasteiger partial charge in [0.05, 0.1) is 5.56 Å². The summed E-state index contributed by atoms with van der Waals surface area (Å²) in [5.41, 5.74) is 5.84. The van der Waals surface area contributed by atoms with Crippen LogP contribution >= 0.6 is 0 Å². The van der Waals surface area contributed by atoms with Gasteiger partial charge in [0.25, 0.3) is 0 Å². The molecular formula is C15H24FNO3Si. The van der Waals surface area contributed by atoms with E-state index in [4.69, 9.17) is 14.9 Å². The zero-order valence-corrected chi connectivity index (χ0v) is 14.5. The second-order valence-electron chi connectivity index (χ2n) is 6.53. The number of hydrogen-bond acceptors (Lipinski definition) is 3. The molecule has 0 heterocycles. The molecule has 0 spiro atoms. The molecular weight excluding hydrogens is 289 g/mol. The number of hydrogen-bond donors (Lipinski definition) is 1. The average Bonchev–Trinajstić information content (AvgIpc) is 2.35. The number of rotatable bonds is 5. The molecule has 1 amide bonds. The van der Waals surface area contributed by atoms with Gasteiger partial charge in [-0.25, -0.2) is 4.39 Å². The van der Waals surface area contributed by atoms with Gasteiger partial charge in [-0.2, -0.15) is 0 Å². The monoisotopic (exact) mass is 313 g/mol. The maximum Gasteiger partial charge on any atom is 0.250 e. The highest BCUT2D eigenvalue weighted by molar-refractivity contribution is 6.74. The van der Waals surface area contributed by atoms with E-state index in [0.29, 0.717) is 5.75 Å². The Labute approximate surface area is 126 Å². The van der Waals surface area contributed by atoms with Gasteiger partial charge in [0.1, 0.15) is 5.75 Å². The van der Waals surface area contributed by atoms with Gasteiger partial charge in [-0.1, -0.05) is 20.8 Å². The topological polar surface area (TPSA) is 61.5 Å². The highest BCUT2D eigenvalue weighted by Gasteiger charge is 2.39.